The summed E-state index contributed by atoms with van der Waals surface area (Å²) in [5, 5.41) is 3.55. The van der Waals surface area contributed by atoms with Gasteiger partial charge in [0.15, 0.2) is 0 Å². The highest BCUT2D eigenvalue weighted by Crippen LogP contribution is 2.29. The van der Waals surface area contributed by atoms with Crippen LogP contribution in [-0.2, 0) is 27.9 Å². The van der Waals surface area contributed by atoms with E-state index >= 15 is 0 Å². The third kappa shape index (κ3) is 7.09. The van der Waals surface area contributed by atoms with Gasteiger partial charge in [-0.3, -0.25) is 14.0 Å². The molecule has 1 fully saturated rings. The van der Waals surface area contributed by atoms with E-state index in [1.54, 1.807) is 6.92 Å². The number of anilines is 1. The number of likely N-dealkylation sites (tertiary alicyclic amines) is 1. The Morgan fingerprint density at radius 3 is 2.24 bits per heavy atom. The minimum Gasteiger partial charge on any atom is -0.350 e. The van der Waals surface area contributed by atoms with E-state index in [2.05, 4.69) is 16.3 Å². The number of carbonyl (C=O) groups is 1. The zero-order valence-corrected chi connectivity index (χ0v) is 21.4. The largest absolute Gasteiger partial charge is 0.350 e. The number of carbonyl (C=O) groups excluding carboxylic acids is 1. The molecule has 180 valence electrons. The third-order valence-corrected chi connectivity index (χ3v) is 7.46. The normalized spacial score (nSPS) is 15.8. The Morgan fingerprint density at radius 2 is 1.67 bits per heavy atom. The molecule has 9 heteroatoms. The summed E-state index contributed by atoms with van der Waals surface area (Å²) < 4.78 is 26.4. The molecular formula is C24H31Cl2N3O3S. The van der Waals surface area contributed by atoms with Crippen LogP contribution in [0, 0.1) is 0 Å². The first-order valence-corrected chi connectivity index (χ1v) is 13.8. The smallest absolute Gasteiger partial charge is 0.244 e. The van der Waals surface area contributed by atoms with Crippen LogP contribution in [0.5, 0.6) is 0 Å². The zero-order valence-electron chi connectivity index (χ0n) is 19.1. The van der Waals surface area contributed by atoms with E-state index in [9.17, 15) is 13.2 Å². The molecule has 2 aromatic rings. The fourth-order valence-corrected chi connectivity index (χ4v) is 5.98. The van der Waals surface area contributed by atoms with Gasteiger partial charge >= 0.3 is 0 Å². The molecule has 1 aliphatic rings. The standard InChI is InChI=1S/C24H31Cl2N3O3S/c1-3-23(29(33(2,31)32)22-14-20(25)13-21(26)15-22)24(30)27-16-18-9-5-6-10-19(18)17-28-11-7-4-8-12-28/h5-6,9-10,13-15,23H,3-4,7-8,11-12,16-17H2,1-2H3,(H,27,30)/t23-/m0/s1. The van der Waals surface area contributed by atoms with Crippen LogP contribution in [0.1, 0.15) is 43.7 Å². The Hall–Kier alpha value is -1.80. The van der Waals surface area contributed by atoms with Gasteiger partial charge in [-0.05, 0) is 61.7 Å². The van der Waals surface area contributed by atoms with Gasteiger partial charge in [0.25, 0.3) is 0 Å². The predicted molar refractivity (Wildman–Crippen MR) is 135 cm³/mol. The molecular weight excluding hydrogens is 481 g/mol. The second kappa shape index (κ2) is 11.6. The molecule has 3 rings (SSSR count). The molecule has 0 aromatic heterocycles. The highest BCUT2D eigenvalue weighted by Gasteiger charge is 2.32. The van der Waals surface area contributed by atoms with E-state index in [4.69, 9.17) is 23.2 Å². The van der Waals surface area contributed by atoms with Gasteiger partial charge in [-0.15, -0.1) is 0 Å². The number of benzene rings is 2. The molecule has 0 bridgehead atoms. The first kappa shape index (κ1) is 25.8. The van der Waals surface area contributed by atoms with Crippen molar-refractivity contribution in [3.8, 4) is 0 Å². The van der Waals surface area contributed by atoms with Crippen LogP contribution in [0.3, 0.4) is 0 Å². The lowest BCUT2D eigenvalue weighted by atomic mass is 10.0. The van der Waals surface area contributed by atoms with Gasteiger partial charge in [0, 0.05) is 23.1 Å². The number of nitrogens with one attached hydrogen (secondary N) is 1. The van der Waals surface area contributed by atoms with Gasteiger partial charge < -0.3 is 5.32 Å². The molecule has 1 atom stereocenters. The van der Waals surface area contributed by atoms with Crippen molar-refractivity contribution in [3.05, 3.63) is 63.6 Å². The maximum absolute atomic E-state index is 13.2. The predicted octanol–water partition coefficient (Wildman–Crippen LogP) is 4.84. The molecule has 1 amide bonds. The van der Waals surface area contributed by atoms with Crippen molar-refractivity contribution in [1.82, 2.24) is 10.2 Å². The maximum atomic E-state index is 13.2. The minimum absolute atomic E-state index is 0.266. The topological polar surface area (TPSA) is 69.7 Å². The van der Waals surface area contributed by atoms with Crippen LogP contribution in [-0.4, -0.2) is 44.6 Å². The summed E-state index contributed by atoms with van der Waals surface area (Å²) in [7, 11) is -3.77. The zero-order chi connectivity index (χ0) is 24.0. The molecule has 0 saturated carbocycles. The maximum Gasteiger partial charge on any atom is 0.244 e. The molecule has 33 heavy (non-hydrogen) atoms. The Kier molecular flexibility index (Phi) is 9.04. The van der Waals surface area contributed by atoms with Crippen molar-refractivity contribution in [2.24, 2.45) is 0 Å². The van der Waals surface area contributed by atoms with Crippen molar-refractivity contribution in [1.29, 1.82) is 0 Å². The average molecular weight is 513 g/mol. The lowest BCUT2D eigenvalue weighted by Crippen LogP contribution is -2.49. The number of amides is 1. The monoisotopic (exact) mass is 511 g/mol. The second-order valence-electron chi connectivity index (χ2n) is 8.43. The Bertz CT molecular complexity index is 1050. The highest BCUT2D eigenvalue weighted by atomic mass is 35.5. The molecule has 6 nitrogen and oxygen atoms in total. The number of sulfonamides is 1. The number of hydrogen-bond acceptors (Lipinski definition) is 4. The average Bonchev–Trinajstić information content (AvgIpc) is 2.75. The Morgan fingerprint density at radius 1 is 1.06 bits per heavy atom. The van der Waals surface area contributed by atoms with Gasteiger partial charge in [-0.1, -0.05) is 60.8 Å². The van der Waals surface area contributed by atoms with E-state index in [1.165, 1.54) is 43.0 Å². The molecule has 1 aliphatic heterocycles. The summed E-state index contributed by atoms with van der Waals surface area (Å²) in [6.45, 7) is 5.13. The van der Waals surface area contributed by atoms with Crippen LogP contribution < -0.4 is 9.62 Å². The summed E-state index contributed by atoms with van der Waals surface area (Å²) in [5.74, 6) is -0.369. The van der Waals surface area contributed by atoms with Gasteiger partial charge in [0.2, 0.25) is 15.9 Å². The van der Waals surface area contributed by atoms with Crippen molar-refractivity contribution in [2.45, 2.75) is 51.7 Å². The number of piperidine rings is 1. The summed E-state index contributed by atoms with van der Waals surface area (Å²) in [6.07, 6.45) is 5.07. The fraction of sp³-hybridized carbons (Fsp3) is 0.458. The SMILES string of the molecule is CC[C@@H](C(=O)NCc1ccccc1CN1CCCCC1)N(c1cc(Cl)cc(Cl)c1)S(C)(=O)=O. The molecule has 1 saturated heterocycles. The number of hydrogen-bond donors (Lipinski definition) is 1. The summed E-state index contributed by atoms with van der Waals surface area (Å²) in [6, 6.07) is 11.6. The van der Waals surface area contributed by atoms with E-state index in [-0.39, 0.29) is 11.6 Å². The Balaban J connectivity index is 1.78. The first-order chi connectivity index (χ1) is 15.7. The highest BCUT2D eigenvalue weighted by molar-refractivity contribution is 7.92. The molecule has 0 unspecified atom stereocenters. The molecule has 2 aromatic carbocycles. The van der Waals surface area contributed by atoms with Crippen LogP contribution in [0.25, 0.3) is 0 Å². The summed E-state index contributed by atoms with van der Waals surface area (Å²) >= 11 is 12.2. The lowest BCUT2D eigenvalue weighted by Gasteiger charge is -2.30. The van der Waals surface area contributed by atoms with Crippen molar-refractivity contribution < 1.29 is 13.2 Å². The summed E-state index contributed by atoms with van der Waals surface area (Å²) in [4.78, 5) is 15.6. The number of halogens is 2. The van der Waals surface area contributed by atoms with Gasteiger partial charge in [0.05, 0.1) is 11.9 Å². The van der Waals surface area contributed by atoms with Gasteiger partial charge in [0.1, 0.15) is 6.04 Å². The van der Waals surface area contributed by atoms with E-state index < -0.39 is 16.1 Å². The lowest BCUT2D eigenvalue weighted by molar-refractivity contribution is -0.122. The molecule has 0 aliphatic carbocycles. The number of rotatable bonds is 9. The number of nitrogens with zero attached hydrogens (tertiary/aromatic N) is 2. The molecule has 1 heterocycles. The van der Waals surface area contributed by atoms with Crippen LogP contribution in [0.4, 0.5) is 5.69 Å². The first-order valence-electron chi connectivity index (χ1n) is 11.2. The molecule has 0 spiro atoms. The second-order valence-corrected chi connectivity index (χ2v) is 11.2. The van der Waals surface area contributed by atoms with Crippen molar-refractivity contribution >= 4 is 44.8 Å². The summed E-state index contributed by atoms with van der Waals surface area (Å²) in [5.41, 5.74) is 2.47. The Labute approximate surface area is 206 Å². The van der Waals surface area contributed by atoms with E-state index in [1.807, 2.05) is 18.2 Å². The molecule has 1 N–H and O–H groups in total. The van der Waals surface area contributed by atoms with Gasteiger partial charge in [-0.2, -0.15) is 0 Å². The van der Waals surface area contributed by atoms with Crippen molar-refractivity contribution in [2.75, 3.05) is 23.7 Å². The van der Waals surface area contributed by atoms with Gasteiger partial charge in [-0.25, -0.2) is 8.42 Å². The third-order valence-electron chi connectivity index (χ3n) is 5.85. The minimum atomic E-state index is -3.77. The van der Waals surface area contributed by atoms with Crippen LogP contribution in [0.15, 0.2) is 42.5 Å². The molecule has 0 radical (unpaired) electrons. The quantitative estimate of drug-likeness (QED) is 0.522. The van der Waals surface area contributed by atoms with E-state index in [0.717, 1.165) is 35.8 Å². The van der Waals surface area contributed by atoms with Crippen LogP contribution in [0.2, 0.25) is 10.0 Å². The van der Waals surface area contributed by atoms with E-state index in [0.29, 0.717) is 23.0 Å². The fourth-order valence-electron chi connectivity index (χ4n) is 4.27. The van der Waals surface area contributed by atoms with Crippen molar-refractivity contribution in [3.63, 3.8) is 0 Å². The van der Waals surface area contributed by atoms with Crippen LogP contribution >= 0.6 is 23.2 Å².